The SMILES string of the molecule is CC(N)C(Oc1cccc(F)c1)c1cnn(C)c1. The van der Waals surface area contributed by atoms with Gasteiger partial charge in [-0.05, 0) is 19.1 Å². The van der Waals surface area contributed by atoms with Gasteiger partial charge in [-0.3, -0.25) is 4.68 Å². The molecule has 1 aromatic carbocycles. The van der Waals surface area contributed by atoms with E-state index in [0.29, 0.717) is 5.75 Å². The lowest BCUT2D eigenvalue weighted by atomic mass is 10.1. The Balaban J connectivity index is 2.22. The first-order valence-corrected chi connectivity index (χ1v) is 5.72. The number of hydrogen-bond acceptors (Lipinski definition) is 3. The van der Waals surface area contributed by atoms with E-state index in [1.165, 1.54) is 12.1 Å². The molecule has 2 N–H and O–H groups in total. The second-order valence-corrected chi connectivity index (χ2v) is 4.30. The quantitative estimate of drug-likeness (QED) is 0.902. The van der Waals surface area contributed by atoms with Gasteiger partial charge in [0.15, 0.2) is 0 Å². The van der Waals surface area contributed by atoms with Crippen molar-refractivity contribution in [3.05, 3.63) is 48.0 Å². The number of aryl methyl sites for hydroxylation is 1. The fourth-order valence-electron chi connectivity index (χ4n) is 1.75. The van der Waals surface area contributed by atoms with E-state index >= 15 is 0 Å². The molecule has 5 heteroatoms. The van der Waals surface area contributed by atoms with Gasteiger partial charge in [0.2, 0.25) is 0 Å². The van der Waals surface area contributed by atoms with Crippen LogP contribution in [0.4, 0.5) is 4.39 Å². The molecule has 96 valence electrons. The molecular formula is C13H16FN3O. The van der Waals surface area contributed by atoms with Crippen molar-refractivity contribution < 1.29 is 9.13 Å². The summed E-state index contributed by atoms with van der Waals surface area (Å²) in [6, 6.07) is 5.79. The zero-order valence-electron chi connectivity index (χ0n) is 10.4. The van der Waals surface area contributed by atoms with Crippen LogP contribution in [0.15, 0.2) is 36.7 Å². The van der Waals surface area contributed by atoms with Gasteiger partial charge in [0.1, 0.15) is 17.7 Å². The van der Waals surface area contributed by atoms with Crippen LogP contribution in [0.5, 0.6) is 5.75 Å². The Kier molecular flexibility index (Phi) is 3.62. The van der Waals surface area contributed by atoms with E-state index in [0.717, 1.165) is 5.56 Å². The summed E-state index contributed by atoms with van der Waals surface area (Å²) >= 11 is 0. The fourth-order valence-corrected chi connectivity index (χ4v) is 1.75. The number of aromatic nitrogens is 2. The van der Waals surface area contributed by atoms with Crippen LogP contribution in [-0.4, -0.2) is 15.8 Å². The Morgan fingerprint density at radius 2 is 2.22 bits per heavy atom. The molecule has 0 bridgehead atoms. The number of ether oxygens (including phenoxy) is 1. The van der Waals surface area contributed by atoms with Crippen molar-refractivity contribution in [1.29, 1.82) is 0 Å². The van der Waals surface area contributed by atoms with Crippen molar-refractivity contribution in [2.45, 2.75) is 19.1 Å². The van der Waals surface area contributed by atoms with E-state index in [9.17, 15) is 4.39 Å². The molecule has 0 aliphatic rings. The van der Waals surface area contributed by atoms with Gasteiger partial charge < -0.3 is 10.5 Å². The van der Waals surface area contributed by atoms with Crippen LogP contribution in [0.25, 0.3) is 0 Å². The highest BCUT2D eigenvalue weighted by Gasteiger charge is 2.20. The molecule has 1 heterocycles. The van der Waals surface area contributed by atoms with Gasteiger partial charge in [0.05, 0.1) is 6.20 Å². The molecule has 2 unspecified atom stereocenters. The Hall–Kier alpha value is -1.88. The largest absolute Gasteiger partial charge is 0.484 e. The third kappa shape index (κ3) is 2.87. The lowest BCUT2D eigenvalue weighted by molar-refractivity contribution is 0.179. The third-order valence-electron chi connectivity index (χ3n) is 2.59. The first-order valence-electron chi connectivity index (χ1n) is 5.72. The maximum absolute atomic E-state index is 13.1. The van der Waals surface area contributed by atoms with Crippen molar-refractivity contribution in [1.82, 2.24) is 9.78 Å². The molecule has 0 aliphatic heterocycles. The van der Waals surface area contributed by atoms with Crippen molar-refractivity contribution >= 4 is 0 Å². The lowest BCUT2D eigenvalue weighted by Gasteiger charge is -2.21. The molecule has 2 aromatic rings. The van der Waals surface area contributed by atoms with Crippen LogP contribution >= 0.6 is 0 Å². The molecule has 0 spiro atoms. The highest BCUT2D eigenvalue weighted by molar-refractivity contribution is 5.24. The van der Waals surface area contributed by atoms with Crippen molar-refractivity contribution in [2.24, 2.45) is 12.8 Å². The Bertz CT molecular complexity index is 524. The summed E-state index contributed by atoms with van der Waals surface area (Å²) in [6.45, 7) is 1.84. The van der Waals surface area contributed by atoms with Gasteiger partial charge >= 0.3 is 0 Å². The van der Waals surface area contributed by atoms with Crippen molar-refractivity contribution in [3.63, 3.8) is 0 Å². The number of rotatable bonds is 4. The van der Waals surface area contributed by atoms with Gasteiger partial charge in [-0.15, -0.1) is 0 Å². The predicted octanol–water partition coefficient (Wildman–Crippen LogP) is 2.03. The van der Waals surface area contributed by atoms with Crippen LogP contribution in [0.3, 0.4) is 0 Å². The number of nitrogens with zero attached hydrogens (tertiary/aromatic N) is 2. The highest BCUT2D eigenvalue weighted by Crippen LogP contribution is 2.24. The van der Waals surface area contributed by atoms with Crippen molar-refractivity contribution in [3.8, 4) is 5.75 Å². The van der Waals surface area contributed by atoms with Gasteiger partial charge in [-0.25, -0.2) is 4.39 Å². The summed E-state index contributed by atoms with van der Waals surface area (Å²) in [5.41, 5.74) is 6.78. The number of benzene rings is 1. The Morgan fingerprint density at radius 3 is 2.78 bits per heavy atom. The first kappa shape index (κ1) is 12.6. The molecule has 1 aromatic heterocycles. The van der Waals surface area contributed by atoms with Crippen LogP contribution in [0.1, 0.15) is 18.6 Å². The number of nitrogens with two attached hydrogens (primary N) is 1. The second kappa shape index (κ2) is 5.18. The molecule has 0 fully saturated rings. The standard InChI is InChI=1S/C13H16FN3O/c1-9(15)13(10-7-16-17(2)8-10)18-12-5-3-4-11(14)6-12/h3-9,13H,15H2,1-2H3. The average Bonchev–Trinajstić information content (AvgIpc) is 2.72. The Labute approximate surface area is 105 Å². The van der Waals surface area contributed by atoms with E-state index in [1.807, 2.05) is 20.2 Å². The summed E-state index contributed by atoms with van der Waals surface area (Å²) in [6.07, 6.45) is 3.20. The molecular weight excluding hydrogens is 233 g/mol. The first-order chi connectivity index (χ1) is 8.56. The zero-order chi connectivity index (χ0) is 13.1. The van der Waals surface area contributed by atoms with E-state index in [1.54, 1.807) is 23.0 Å². The second-order valence-electron chi connectivity index (χ2n) is 4.30. The summed E-state index contributed by atoms with van der Waals surface area (Å²) in [5.74, 6) is 0.128. The fraction of sp³-hybridized carbons (Fsp3) is 0.308. The lowest BCUT2D eigenvalue weighted by Crippen LogP contribution is -2.28. The van der Waals surface area contributed by atoms with E-state index in [4.69, 9.17) is 10.5 Å². The molecule has 0 radical (unpaired) electrons. The highest BCUT2D eigenvalue weighted by atomic mass is 19.1. The van der Waals surface area contributed by atoms with E-state index in [-0.39, 0.29) is 18.0 Å². The van der Waals surface area contributed by atoms with Gasteiger partial charge in [-0.1, -0.05) is 6.07 Å². The van der Waals surface area contributed by atoms with Crippen LogP contribution < -0.4 is 10.5 Å². The van der Waals surface area contributed by atoms with Gasteiger partial charge in [-0.2, -0.15) is 5.10 Å². The van der Waals surface area contributed by atoms with Crippen LogP contribution in [0, 0.1) is 5.82 Å². The molecule has 0 saturated heterocycles. The smallest absolute Gasteiger partial charge is 0.141 e. The minimum Gasteiger partial charge on any atom is -0.484 e. The maximum atomic E-state index is 13.1. The molecule has 0 saturated carbocycles. The molecule has 2 atom stereocenters. The predicted molar refractivity (Wildman–Crippen MR) is 66.6 cm³/mol. The summed E-state index contributed by atoms with van der Waals surface area (Å²) in [4.78, 5) is 0. The maximum Gasteiger partial charge on any atom is 0.141 e. The average molecular weight is 249 g/mol. The van der Waals surface area contributed by atoms with E-state index < -0.39 is 0 Å². The molecule has 0 amide bonds. The third-order valence-corrected chi connectivity index (χ3v) is 2.59. The summed E-state index contributed by atoms with van der Waals surface area (Å²) in [7, 11) is 1.82. The minimum absolute atomic E-state index is 0.225. The normalized spacial score (nSPS) is 14.2. The molecule has 4 nitrogen and oxygen atoms in total. The topological polar surface area (TPSA) is 53.1 Å². The molecule has 2 rings (SSSR count). The van der Waals surface area contributed by atoms with Gasteiger partial charge in [0, 0.05) is 30.9 Å². The summed E-state index contributed by atoms with van der Waals surface area (Å²) < 4.78 is 20.5. The monoisotopic (exact) mass is 249 g/mol. The number of halogens is 1. The number of hydrogen-bond donors (Lipinski definition) is 1. The van der Waals surface area contributed by atoms with Crippen LogP contribution in [0.2, 0.25) is 0 Å². The van der Waals surface area contributed by atoms with Gasteiger partial charge in [0.25, 0.3) is 0 Å². The van der Waals surface area contributed by atoms with E-state index in [2.05, 4.69) is 5.10 Å². The molecule has 0 aliphatic carbocycles. The Morgan fingerprint density at radius 1 is 1.44 bits per heavy atom. The zero-order valence-corrected chi connectivity index (χ0v) is 10.4. The van der Waals surface area contributed by atoms with Crippen molar-refractivity contribution in [2.75, 3.05) is 0 Å². The van der Waals surface area contributed by atoms with Crippen LogP contribution in [-0.2, 0) is 7.05 Å². The minimum atomic E-state index is -0.347. The summed E-state index contributed by atoms with van der Waals surface area (Å²) in [5, 5.41) is 4.09. The molecule has 18 heavy (non-hydrogen) atoms.